The molecule has 1 saturated heterocycles. The predicted molar refractivity (Wildman–Crippen MR) is 117 cm³/mol. The van der Waals surface area contributed by atoms with Crippen LogP contribution >= 0.6 is 0 Å². The number of likely N-dealkylation sites (N-methyl/N-ethyl adjacent to an activating group) is 1. The van der Waals surface area contributed by atoms with E-state index in [0.717, 1.165) is 5.69 Å². The molecule has 0 saturated carbocycles. The van der Waals surface area contributed by atoms with Gasteiger partial charge in [-0.15, -0.1) is 5.10 Å². The first-order valence-corrected chi connectivity index (χ1v) is 9.79. The summed E-state index contributed by atoms with van der Waals surface area (Å²) in [6, 6.07) is 8.88. The van der Waals surface area contributed by atoms with Crippen LogP contribution in [0.5, 0.6) is 5.75 Å². The summed E-state index contributed by atoms with van der Waals surface area (Å²) in [5.74, 6) is 2.72. The largest absolute Gasteiger partial charge is 0.495 e. The Morgan fingerprint density at radius 2 is 2.10 bits per heavy atom. The maximum absolute atomic E-state index is 13.0. The number of likely N-dealkylation sites (tertiary alicyclic amines) is 1. The summed E-state index contributed by atoms with van der Waals surface area (Å²) < 4.78 is 6.86. The fourth-order valence-electron chi connectivity index (χ4n) is 3.62. The lowest BCUT2D eigenvalue weighted by Crippen LogP contribution is -2.36. The summed E-state index contributed by atoms with van der Waals surface area (Å²) in [6.45, 7) is 0.678. The summed E-state index contributed by atoms with van der Waals surface area (Å²) in [7, 11) is 5.17. The fraction of sp³-hybridized carbons (Fsp3) is 0.286. The quantitative estimate of drug-likeness (QED) is 0.515. The van der Waals surface area contributed by atoms with Crippen molar-refractivity contribution >= 4 is 34.7 Å². The number of amides is 1. The maximum atomic E-state index is 13.0. The lowest BCUT2D eigenvalue weighted by atomic mass is 10.2. The minimum absolute atomic E-state index is 0.259. The highest BCUT2D eigenvalue weighted by molar-refractivity contribution is 5.94. The molecule has 2 aromatic heterocycles. The van der Waals surface area contributed by atoms with Gasteiger partial charge in [-0.3, -0.25) is 4.79 Å². The van der Waals surface area contributed by atoms with Crippen LogP contribution in [0.15, 0.2) is 42.2 Å². The van der Waals surface area contributed by atoms with E-state index in [4.69, 9.17) is 4.74 Å². The number of hydrogen-bond acceptors (Lipinski definition) is 8. The molecule has 1 aliphatic rings. The number of para-hydroxylation sites is 2. The molecule has 31 heavy (non-hydrogen) atoms. The molecular formula is C21H23N7O3. The lowest BCUT2D eigenvalue weighted by Gasteiger charge is -2.15. The Morgan fingerprint density at radius 1 is 1.29 bits per heavy atom. The van der Waals surface area contributed by atoms with E-state index >= 15 is 0 Å². The number of nitrogens with zero attached hydrogens (tertiary/aromatic N) is 4. The number of methoxy groups -OCH3 is 1. The Hall–Kier alpha value is -4.04. The van der Waals surface area contributed by atoms with E-state index in [9.17, 15) is 9.59 Å². The van der Waals surface area contributed by atoms with Crippen LogP contribution in [-0.2, 0) is 4.79 Å². The summed E-state index contributed by atoms with van der Waals surface area (Å²) in [6.07, 6.45) is 2.10. The summed E-state index contributed by atoms with van der Waals surface area (Å²) >= 11 is 0. The molecule has 0 bridgehead atoms. The van der Waals surface area contributed by atoms with Crippen LogP contribution in [0.25, 0.3) is 5.65 Å². The van der Waals surface area contributed by atoms with E-state index in [-0.39, 0.29) is 17.6 Å². The highest BCUT2D eigenvalue weighted by Crippen LogP contribution is 2.28. The third-order valence-corrected chi connectivity index (χ3v) is 5.24. The standard InChI is InChI=1S/C21H23N7O3/c1-22-15-10-19(24-14-6-4-5-7-18(14)31-3)26-28-16(11-23-20(15)28)21(30)25-13-8-9-27(2)17(13)12-29/h4-7,10-11,13,22H,8-9H2,1-3H3,(H,24,26)(H,25,30)/t13-/m1/s1. The average molecular weight is 421 g/mol. The normalized spacial score (nSPS) is 15.6. The molecule has 3 aromatic rings. The number of imidazole rings is 1. The zero-order valence-corrected chi connectivity index (χ0v) is 17.5. The number of fused-ring (bicyclic) bond motifs is 1. The van der Waals surface area contributed by atoms with Crippen LogP contribution in [0.3, 0.4) is 0 Å². The average Bonchev–Trinajstić information content (AvgIpc) is 3.36. The van der Waals surface area contributed by atoms with Crippen molar-refractivity contribution in [2.45, 2.75) is 12.5 Å². The summed E-state index contributed by atoms with van der Waals surface area (Å²) in [5, 5.41) is 13.8. The van der Waals surface area contributed by atoms with E-state index in [1.165, 1.54) is 10.7 Å². The second kappa shape index (κ2) is 8.37. The molecule has 4 rings (SSSR count). The minimum Gasteiger partial charge on any atom is -0.495 e. The first kappa shape index (κ1) is 20.2. The first-order valence-electron chi connectivity index (χ1n) is 9.79. The van der Waals surface area contributed by atoms with Gasteiger partial charge in [0.25, 0.3) is 5.91 Å². The van der Waals surface area contributed by atoms with Crippen molar-refractivity contribution in [2.24, 2.45) is 0 Å². The SMILES string of the molecule is CNc1cc(Nc2ccccc2OC)nn2c(C(=O)N[C@@H]3CCN(C)C3=C=O)cnc12. The molecule has 0 aliphatic carbocycles. The maximum Gasteiger partial charge on any atom is 0.272 e. The fourth-order valence-corrected chi connectivity index (χ4v) is 3.62. The molecule has 3 N–H and O–H groups in total. The van der Waals surface area contributed by atoms with Crippen molar-refractivity contribution in [1.82, 2.24) is 24.8 Å². The highest BCUT2D eigenvalue weighted by Gasteiger charge is 2.29. The van der Waals surface area contributed by atoms with Gasteiger partial charge in [0.05, 0.1) is 30.7 Å². The second-order valence-corrected chi connectivity index (χ2v) is 7.12. The van der Waals surface area contributed by atoms with Gasteiger partial charge in [-0.1, -0.05) is 12.1 Å². The topological polar surface area (TPSA) is 113 Å². The molecule has 0 unspecified atom stereocenters. The first-order chi connectivity index (χ1) is 15.0. The summed E-state index contributed by atoms with van der Waals surface area (Å²) in [5.41, 5.74) is 2.63. The number of benzene rings is 1. The number of carbonyl (C=O) groups is 1. The second-order valence-electron chi connectivity index (χ2n) is 7.12. The van der Waals surface area contributed by atoms with Crippen molar-refractivity contribution in [1.29, 1.82) is 0 Å². The Morgan fingerprint density at radius 3 is 2.84 bits per heavy atom. The number of nitrogens with one attached hydrogen (secondary N) is 3. The van der Waals surface area contributed by atoms with Gasteiger partial charge in [0.1, 0.15) is 17.4 Å². The number of aromatic nitrogens is 3. The molecule has 1 atom stereocenters. The Bertz CT molecular complexity index is 1180. The molecule has 1 amide bonds. The van der Waals surface area contributed by atoms with Gasteiger partial charge < -0.3 is 25.6 Å². The summed E-state index contributed by atoms with van der Waals surface area (Å²) in [4.78, 5) is 30.4. The third-order valence-electron chi connectivity index (χ3n) is 5.24. The van der Waals surface area contributed by atoms with Gasteiger partial charge in [0, 0.05) is 26.7 Å². The number of carbonyl (C=O) groups excluding carboxylic acids is 2. The van der Waals surface area contributed by atoms with E-state index in [2.05, 4.69) is 26.0 Å². The van der Waals surface area contributed by atoms with Crippen molar-refractivity contribution in [3.63, 3.8) is 0 Å². The van der Waals surface area contributed by atoms with Crippen LogP contribution < -0.4 is 20.7 Å². The van der Waals surface area contributed by atoms with Crippen LogP contribution in [0.1, 0.15) is 16.9 Å². The van der Waals surface area contributed by atoms with Crippen LogP contribution in [0.4, 0.5) is 17.2 Å². The van der Waals surface area contributed by atoms with E-state index in [1.807, 2.05) is 30.2 Å². The van der Waals surface area contributed by atoms with Crippen LogP contribution in [0, 0.1) is 0 Å². The Labute approximate surface area is 178 Å². The molecule has 0 radical (unpaired) electrons. The predicted octanol–water partition coefficient (Wildman–Crippen LogP) is 1.67. The van der Waals surface area contributed by atoms with Gasteiger partial charge in [0.15, 0.2) is 17.2 Å². The highest BCUT2D eigenvalue weighted by atomic mass is 16.5. The Balaban J connectivity index is 1.68. The van der Waals surface area contributed by atoms with E-state index in [1.54, 1.807) is 32.2 Å². The van der Waals surface area contributed by atoms with Crippen LogP contribution in [-0.4, -0.2) is 65.1 Å². The van der Waals surface area contributed by atoms with Gasteiger partial charge >= 0.3 is 0 Å². The van der Waals surface area contributed by atoms with Crippen molar-refractivity contribution in [2.75, 3.05) is 38.4 Å². The molecular weight excluding hydrogens is 398 g/mol. The smallest absolute Gasteiger partial charge is 0.272 e. The van der Waals surface area contributed by atoms with E-state index < -0.39 is 0 Å². The molecule has 10 nitrogen and oxygen atoms in total. The van der Waals surface area contributed by atoms with Gasteiger partial charge in [-0.05, 0) is 18.6 Å². The number of rotatable bonds is 6. The zero-order valence-electron chi connectivity index (χ0n) is 17.5. The number of anilines is 3. The zero-order chi connectivity index (χ0) is 22.0. The Kier molecular flexibility index (Phi) is 5.46. The molecule has 0 spiro atoms. The van der Waals surface area contributed by atoms with Crippen LogP contribution in [0.2, 0.25) is 0 Å². The van der Waals surface area contributed by atoms with Crippen molar-refractivity contribution in [3.05, 3.63) is 47.9 Å². The molecule has 1 aromatic carbocycles. The molecule has 160 valence electrons. The van der Waals surface area contributed by atoms with E-state index in [0.29, 0.717) is 41.6 Å². The molecule has 10 heteroatoms. The number of ether oxygens (including phenoxy) is 1. The third kappa shape index (κ3) is 3.76. The van der Waals surface area contributed by atoms with Gasteiger partial charge in [0.2, 0.25) is 0 Å². The number of hydrogen-bond donors (Lipinski definition) is 3. The van der Waals surface area contributed by atoms with Crippen molar-refractivity contribution in [3.8, 4) is 5.75 Å². The molecule has 1 fully saturated rings. The molecule has 1 aliphatic heterocycles. The van der Waals surface area contributed by atoms with Gasteiger partial charge in [-0.25, -0.2) is 14.3 Å². The molecule has 3 heterocycles. The minimum atomic E-state index is -0.390. The monoisotopic (exact) mass is 421 g/mol. The van der Waals surface area contributed by atoms with Gasteiger partial charge in [-0.2, -0.15) is 0 Å². The lowest BCUT2D eigenvalue weighted by molar-refractivity contribution is 0.0936. The van der Waals surface area contributed by atoms with Crippen molar-refractivity contribution < 1.29 is 14.3 Å².